The van der Waals surface area contributed by atoms with Gasteiger partial charge in [0, 0.05) is 12.7 Å². The Balaban J connectivity index is 2.18. The second-order valence-corrected chi connectivity index (χ2v) is 7.69. The number of rotatable bonds is 3. The zero-order valence-electron chi connectivity index (χ0n) is 13.9. The van der Waals surface area contributed by atoms with Crippen LogP contribution in [0.5, 0.6) is 0 Å². The van der Waals surface area contributed by atoms with Crippen LogP contribution in [0.3, 0.4) is 0 Å². The molecule has 0 amide bonds. The summed E-state index contributed by atoms with van der Waals surface area (Å²) in [4.78, 5) is 11.6. The van der Waals surface area contributed by atoms with Gasteiger partial charge in [0.05, 0.1) is 11.6 Å². The van der Waals surface area contributed by atoms with Crippen LogP contribution in [-0.4, -0.2) is 20.9 Å². The molecule has 3 unspecified atom stereocenters. The van der Waals surface area contributed by atoms with Gasteiger partial charge in [-0.25, -0.2) is 0 Å². The quantitative estimate of drug-likeness (QED) is 0.928. The highest BCUT2D eigenvalue weighted by atomic mass is 16.4. The summed E-state index contributed by atoms with van der Waals surface area (Å²) in [7, 11) is 1.95. The smallest absolute Gasteiger partial charge is 0.306 e. The Hall–Kier alpha value is -1.32. The van der Waals surface area contributed by atoms with E-state index in [2.05, 4.69) is 31.9 Å². The maximum absolute atomic E-state index is 11.6. The van der Waals surface area contributed by atoms with Crippen molar-refractivity contribution in [3.8, 4) is 0 Å². The van der Waals surface area contributed by atoms with Gasteiger partial charge in [0.1, 0.15) is 0 Å². The van der Waals surface area contributed by atoms with Crippen molar-refractivity contribution in [1.82, 2.24) is 9.78 Å². The van der Waals surface area contributed by atoms with Crippen LogP contribution < -0.4 is 0 Å². The Morgan fingerprint density at radius 3 is 2.57 bits per heavy atom. The monoisotopic (exact) mass is 292 g/mol. The second kappa shape index (κ2) is 5.82. The van der Waals surface area contributed by atoms with E-state index in [0.717, 1.165) is 37.1 Å². The minimum Gasteiger partial charge on any atom is -0.481 e. The molecule has 0 aliphatic heterocycles. The summed E-state index contributed by atoms with van der Waals surface area (Å²) >= 11 is 0. The van der Waals surface area contributed by atoms with Crippen LogP contribution >= 0.6 is 0 Å². The number of carboxylic acid groups (broad SMARTS) is 1. The van der Waals surface area contributed by atoms with Gasteiger partial charge in [0.2, 0.25) is 0 Å². The number of hydrogen-bond acceptors (Lipinski definition) is 2. The highest BCUT2D eigenvalue weighted by molar-refractivity contribution is 5.70. The molecular weight excluding hydrogens is 264 g/mol. The molecule has 1 saturated carbocycles. The minimum absolute atomic E-state index is 0.209. The van der Waals surface area contributed by atoms with Crippen LogP contribution in [0, 0.1) is 30.1 Å². The standard InChI is InChI=1S/C17H28N2O2/c1-11-8-14(19(5)18-11)10-12-9-13(17(2,3)4)6-7-15(12)16(20)21/h8,12-13,15H,6-7,9-10H2,1-5H3,(H,20,21). The van der Waals surface area contributed by atoms with Crippen molar-refractivity contribution in [2.24, 2.45) is 30.2 Å². The summed E-state index contributed by atoms with van der Waals surface area (Å²) in [5.74, 6) is -0.0206. The first kappa shape index (κ1) is 16.1. The van der Waals surface area contributed by atoms with E-state index in [1.807, 2.05) is 18.7 Å². The Morgan fingerprint density at radius 1 is 1.43 bits per heavy atom. The van der Waals surface area contributed by atoms with Crippen molar-refractivity contribution in [3.05, 3.63) is 17.5 Å². The molecule has 0 aromatic carbocycles. The molecule has 3 atom stereocenters. The maximum atomic E-state index is 11.6. The lowest BCUT2D eigenvalue weighted by Gasteiger charge is -2.40. The molecule has 1 heterocycles. The molecule has 2 rings (SSSR count). The fourth-order valence-electron chi connectivity index (χ4n) is 3.73. The predicted molar refractivity (Wildman–Crippen MR) is 83.1 cm³/mol. The van der Waals surface area contributed by atoms with Crippen LogP contribution in [0.4, 0.5) is 0 Å². The molecule has 0 bridgehead atoms. The third kappa shape index (κ3) is 3.66. The van der Waals surface area contributed by atoms with Gasteiger partial charge < -0.3 is 5.11 Å². The first-order valence-corrected chi connectivity index (χ1v) is 7.90. The summed E-state index contributed by atoms with van der Waals surface area (Å²) in [5.41, 5.74) is 2.41. The van der Waals surface area contributed by atoms with Crippen LogP contribution in [-0.2, 0) is 18.3 Å². The zero-order valence-corrected chi connectivity index (χ0v) is 13.9. The van der Waals surface area contributed by atoms with E-state index < -0.39 is 5.97 Å². The van der Waals surface area contributed by atoms with E-state index >= 15 is 0 Å². The Labute approximate surface area is 127 Å². The third-order valence-electron chi connectivity index (χ3n) is 5.09. The maximum Gasteiger partial charge on any atom is 0.306 e. The molecule has 0 saturated heterocycles. The molecule has 21 heavy (non-hydrogen) atoms. The lowest BCUT2D eigenvalue weighted by molar-refractivity contribution is -0.146. The molecular formula is C17H28N2O2. The number of hydrogen-bond donors (Lipinski definition) is 1. The molecule has 4 nitrogen and oxygen atoms in total. The Bertz CT molecular complexity index is 513. The van der Waals surface area contributed by atoms with Crippen LogP contribution in [0.1, 0.15) is 51.4 Å². The normalized spacial score (nSPS) is 26.8. The molecule has 1 aromatic rings. The molecule has 118 valence electrons. The van der Waals surface area contributed by atoms with Crippen LogP contribution in [0.2, 0.25) is 0 Å². The largest absolute Gasteiger partial charge is 0.481 e. The third-order valence-corrected chi connectivity index (χ3v) is 5.09. The molecule has 0 radical (unpaired) electrons. The highest BCUT2D eigenvalue weighted by Crippen LogP contribution is 2.43. The van der Waals surface area contributed by atoms with Gasteiger partial charge in [0.25, 0.3) is 0 Å². The fourth-order valence-corrected chi connectivity index (χ4v) is 3.73. The van der Waals surface area contributed by atoms with Gasteiger partial charge in [-0.05, 0) is 55.9 Å². The number of nitrogens with zero attached hydrogens (tertiary/aromatic N) is 2. The number of aryl methyl sites for hydroxylation is 2. The average molecular weight is 292 g/mol. The fraction of sp³-hybridized carbons (Fsp3) is 0.765. The SMILES string of the molecule is Cc1cc(CC2CC(C(C)(C)C)CCC2C(=O)O)n(C)n1. The molecule has 1 fully saturated rings. The Kier molecular flexibility index (Phi) is 4.45. The van der Waals surface area contributed by atoms with E-state index in [9.17, 15) is 9.90 Å². The van der Waals surface area contributed by atoms with Gasteiger partial charge in [-0.1, -0.05) is 20.8 Å². The number of aliphatic carboxylic acids is 1. The number of aromatic nitrogens is 2. The summed E-state index contributed by atoms with van der Waals surface area (Å²) in [6.45, 7) is 8.79. The molecule has 1 N–H and O–H groups in total. The number of carboxylic acids is 1. The van der Waals surface area contributed by atoms with Gasteiger partial charge >= 0.3 is 5.97 Å². The van der Waals surface area contributed by atoms with E-state index in [1.54, 1.807) is 0 Å². The summed E-state index contributed by atoms with van der Waals surface area (Å²) in [6, 6.07) is 2.08. The van der Waals surface area contributed by atoms with Crippen molar-refractivity contribution in [2.45, 2.75) is 53.4 Å². The topological polar surface area (TPSA) is 55.1 Å². The van der Waals surface area contributed by atoms with Crippen molar-refractivity contribution in [1.29, 1.82) is 0 Å². The Morgan fingerprint density at radius 2 is 2.10 bits per heavy atom. The van der Waals surface area contributed by atoms with Gasteiger partial charge in [-0.3, -0.25) is 9.48 Å². The van der Waals surface area contributed by atoms with Crippen molar-refractivity contribution in [2.75, 3.05) is 0 Å². The number of carbonyl (C=O) groups is 1. The van der Waals surface area contributed by atoms with Crippen LogP contribution in [0.15, 0.2) is 6.07 Å². The van der Waals surface area contributed by atoms with E-state index in [-0.39, 0.29) is 17.3 Å². The van der Waals surface area contributed by atoms with Gasteiger partial charge in [0.15, 0.2) is 0 Å². The first-order valence-electron chi connectivity index (χ1n) is 7.90. The molecule has 4 heteroatoms. The molecule has 1 aliphatic rings. The first-order chi connectivity index (χ1) is 9.68. The second-order valence-electron chi connectivity index (χ2n) is 7.69. The summed E-state index contributed by atoms with van der Waals surface area (Å²) < 4.78 is 1.90. The zero-order chi connectivity index (χ0) is 15.8. The molecule has 1 aromatic heterocycles. The van der Waals surface area contributed by atoms with Gasteiger partial charge in [-0.15, -0.1) is 0 Å². The minimum atomic E-state index is -0.633. The van der Waals surface area contributed by atoms with Gasteiger partial charge in [-0.2, -0.15) is 5.10 Å². The molecule has 1 aliphatic carbocycles. The van der Waals surface area contributed by atoms with E-state index in [0.29, 0.717) is 5.92 Å². The lowest BCUT2D eigenvalue weighted by atomic mass is 9.64. The van der Waals surface area contributed by atoms with Crippen molar-refractivity contribution >= 4 is 5.97 Å². The molecule has 0 spiro atoms. The summed E-state index contributed by atoms with van der Waals surface area (Å²) in [5, 5.41) is 13.9. The highest BCUT2D eigenvalue weighted by Gasteiger charge is 2.39. The van der Waals surface area contributed by atoms with Crippen LogP contribution in [0.25, 0.3) is 0 Å². The van der Waals surface area contributed by atoms with E-state index in [4.69, 9.17) is 0 Å². The van der Waals surface area contributed by atoms with E-state index in [1.165, 1.54) is 0 Å². The predicted octanol–water partition coefficient (Wildman–Crippen LogP) is 3.43. The van der Waals surface area contributed by atoms with Crippen molar-refractivity contribution in [3.63, 3.8) is 0 Å². The van der Waals surface area contributed by atoms with Crippen molar-refractivity contribution < 1.29 is 9.90 Å². The lowest BCUT2D eigenvalue weighted by Crippen LogP contribution is -2.36. The average Bonchev–Trinajstić information content (AvgIpc) is 2.66. The summed E-state index contributed by atoms with van der Waals surface area (Å²) in [6.07, 6.45) is 3.66.